The molecule has 3 N–H and O–H groups in total. The number of amides is 2. The van der Waals surface area contributed by atoms with Crippen LogP contribution < -0.4 is 11.3 Å². The Labute approximate surface area is 172 Å². The molecule has 0 spiro atoms. The van der Waals surface area contributed by atoms with Gasteiger partial charge in [-0.3, -0.25) is 19.3 Å². The molecular weight excluding hydrogens is 394 g/mol. The summed E-state index contributed by atoms with van der Waals surface area (Å²) in [6.07, 6.45) is 3.72. The highest BCUT2D eigenvalue weighted by Gasteiger charge is 2.35. The maximum absolute atomic E-state index is 12.8. The van der Waals surface area contributed by atoms with Crippen LogP contribution in [0.5, 0.6) is 0 Å². The van der Waals surface area contributed by atoms with Gasteiger partial charge in [0.1, 0.15) is 11.4 Å². The standard InChI is InChI=1S/C20H20ClN5O3/c21-15-5-6-23-18(27)16(15)17(22)24-12-3-4-13-14(11-12)20(29)26(19(13)28)10-9-25-7-1-2-8-25/h3-6,11H,1-2,7-10H2,(H2,22,24)(H,23,27). The number of nitrogens with zero attached hydrogens (tertiary/aromatic N) is 3. The van der Waals surface area contributed by atoms with E-state index in [1.807, 2.05) is 0 Å². The molecule has 1 fully saturated rings. The number of likely N-dealkylation sites (tertiary alicyclic amines) is 1. The number of amidine groups is 1. The molecule has 2 aliphatic rings. The van der Waals surface area contributed by atoms with Crippen LogP contribution in [0.3, 0.4) is 0 Å². The van der Waals surface area contributed by atoms with Gasteiger partial charge in [0.25, 0.3) is 17.4 Å². The first-order valence-electron chi connectivity index (χ1n) is 9.40. The number of benzene rings is 1. The zero-order valence-corrected chi connectivity index (χ0v) is 16.4. The number of imide groups is 1. The Morgan fingerprint density at radius 2 is 1.79 bits per heavy atom. The van der Waals surface area contributed by atoms with Crippen molar-refractivity contribution < 1.29 is 9.59 Å². The molecule has 0 aliphatic carbocycles. The number of fused-ring (bicyclic) bond motifs is 1. The number of nitrogens with two attached hydrogens (primary N) is 1. The fraction of sp³-hybridized carbons (Fsp3) is 0.300. The molecule has 9 heteroatoms. The van der Waals surface area contributed by atoms with Gasteiger partial charge in [0.15, 0.2) is 0 Å². The Bertz CT molecular complexity index is 1070. The van der Waals surface area contributed by atoms with Gasteiger partial charge < -0.3 is 15.6 Å². The molecule has 29 heavy (non-hydrogen) atoms. The molecule has 2 amide bonds. The molecule has 1 aromatic heterocycles. The van der Waals surface area contributed by atoms with E-state index < -0.39 is 5.56 Å². The van der Waals surface area contributed by atoms with Crippen molar-refractivity contribution in [2.45, 2.75) is 12.8 Å². The van der Waals surface area contributed by atoms with Crippen molar-refractivity contribution in [2.75, 3.05) is 26.2 Å². The Hall–Kier alpha value is -2.97. The summed E-state index contributed by atoms with van der Waals surface area (Å²) in [5.74, 6) is -0.704. The highest BCUT2D eigenvalue weighted by Crippen LogP contribution is 2.27. The second-order valence-electron chi connectivity index (χ2n) is 7.07. The lowest BCUT2D eigenvalue weighted by atomic mass is 10.1. The number of nitrogens with one attached hydrogen (secondary N) is 1. The maximum Gasteiger partial charge on any atom is 0.261 e. The average Bonchev–Trinajstić information content (AvgIpc) is 3.28. The van der Waals surface area contributed by atoms with Gasteiger partial charge in [-0.25, -0.2) is 4.99 Å². The lowest BCUT2D eigenvalue weighted by molar-refractivity contribution is 0.0640. The molecule has 0 bridgehead atoms. The van der Waals surface area contributed by atoms with Gasteiger partial charge in [-0.15, -0.1) is 0 Å². The Kier molecular flexibility index (Phi) is 5.21. The van der Waals surface area contributed by atoms with Crippen molar-refractivity contribution in [1.29, 1.82) is 0 Å². The van der Waals surface area contributed by atoms with Gasteiger partial charge in [0.05, 0.1) is 21.8 Å². The molecule has 0 radical (unpaired) electrons. The van der Waals surface area contributed by atoms with E-state index >= 15 is 0 Å². The molecule has 4 rings (SSSR count). The summed E-state index contributed by atoms with van der Waals surface area (Å²) in [6.45, 7) is 3.05. The van der Waals surface area contributed by atoms with Crippen LogP contribution in [0.25, 0.3) is 0 Å². The number of pyridine rings is 1. The first-order valence-corrected chi connectivity index (χ1v) is 9.78. The second kappa shape index (κ2) is 7.81. The van der Waals surface area contributed by atoms with Gasteiger partial charge in [-0.1, -0.05) is 11.6 Å². The summed E-state index contributed by atoms with van der Waals surface area (Å²) < 4.78 is 0. The van der Waals surface area contributed by atoms with Crippen LogP contribution in [0.15, 0.2) is 40.2 Å². The van der Waals surface area contributed by atoms with Crippen molar-refractivity contribution >= 4 is 34.9 Å². The molecule has 150 valence electrons. The van der Waals surface area contributed by atoms with Crippen molar-refractivity contribution in [3.05, 3.63) is 62.5 Å². The van der Waals surface area contributed by atoms with E-state index in [0.717, 1.165) is 25.9 Å². The van der Waals surface area contributed by atoms with Gasteiger partial charge in [0.2, 0.25) is 0 Å². The summed E-state index contributed by atoms with van der Waals surface area (Å²) in [4.78, 5) is 47.6. The lowest BCUT2D eigenvalue weighted by Gasteiger charge is -2.19. The van der Waals surface area contributed by atoms with Crippen LogP contribution in [0.1, 0.15) is 39.1 Å². The molecule has 2 aromatic rings. The number of aromatic amines is 1. The second-order valence-corrected chi connectivity index (χ2v) is 7.47. The quantitative estimate of drug-likeness (QED) is 0.440. The van der Waals surface area contributed by atoms with Crippen LogP contribution in [0, 0.1) is 0 Å². The van der Waals surface area contributed by atoms with Crippen LogP contribution in [-0.4, -0.2) is 58.6 Å². The van der Waals surface area contributed by atoms with Crippen LogP contribution in [0.4, 0.5) is 5.69 Å². The third kappa shape index (κ3) is 3.68. The number of carbonyl (C=O) groups excluding carboxylic acids is 2. The van der Waals surface area contributed by atoms with Gasteiger partial charge in [-0.05, 0) is 50.2 Å². The van der Waals surface area contributed by atoms with E-state index in [1.54, 1.807) is 12.1 Å². The van der Waals surface area contributed by atoms with Crippen LogP contribution in [-0.2, 0) is 0 Å². The van der Waals surface area contributed by atoms with E-state index in [2.05, 4.69) is 14.9 Å². The highest BCUT2D eigenvalue weighted by atomic mass is 35.5. The van der Waals surface area contributed by atoms with Gasteiger partial charge in [-0.2, -0.15) is 0 Å². The number of H-pyrrole nitrogens is 1. The third-order valence-electron chi connectivity index (χ3n) is 5.21. The van der Waals surface area contributed by atoms with Crippen LogP contribution >= 0.6 is 11.6 Å². The number of carbonyl (C=O) groups is 2. The maximum atomic E-state index is 12.8. The summed E-state index contributed by atoms with van der Waals surface area (Å²) in [7, 11) is 0. The SMILES string of the molecule is N/C(=N\c1ccc2c(c1)C(=O)N(CCN1CCCC1)C2=O)c1c(Cl)cc[nH]c1=O. The fourth-order valence-corrected chi connectivity index (χ4v) is 3.93. The lowest BCUT2D eigenvalue weighted by Crippen LogP contribution is -2.37. The minimum absolute atomic E-state index is 0.0595. The first kappa shape index (κ1) is 19.4. The predicted octanol–water partition coefficient (Wildman–Crippen LogP) is 1.76. The van der Waals surface area contributed by atoms with E-state index in [9.17, 15) is 14.4 Å². The van der Waals surface area contributed by atoms with Crippen LogP contribution in [0.2, 0.25) is 5.02 Å². The number of hydrogen-bond acceptors (Lipinski definition) is 5. The van der Waals surface area contributed by atoms with E-state index in [4.69, 9.17) is 17.3 Å². The zero-order chi connectivity index (χ0) is 20.5. The fourth-order valence-electron chi connectivity index (χ4n) is 3.69. The van der Waals surface area contributed by atoms with Crippen molar-refractivity contribution in [1.82, 2.24) is 14.8 Å². The Balaban J connectivity index is 1.58. The van der Waals surface area contributed by atoms with E-state index in [0.29, 0.717) is 29.9 Å². The monoisotopic (exact) mass is 413 g/mol. The smallest absolute Gasteiger partial charge is 0.261 e. The molecule has 1 aromatic carbocycles. The van der Waals surface area contributed by atoms with Gasteiger partial charge >= 0.3 is 0 Å². The molecule has 0 atom stereocenters. The minimum atomic E-state index is -0.459. The first-order chi connectivity index (χ1) is 14.0. The van der Waals surface area contributed by atoms with Crippen molar-refractivity contribution in [2.24, 2.45) is 10.7 Å². The summed E-state index contributed by atoms with van der Waals surface area (Å²) in [5.41, 5.74) is 6.56. The number of aromatic nitrogens is 1. The molecular formula is C20H20ClN5O3. The molecule has 1 saturated heterocycles. The van der Waals surface area contributed by atoms with Gasteiger partial charge in [0, 0.05) is 19.3 Å². The summed E-state index contributed by atoms with van der Waals surface area (Å²) in [5, 5.41) is 0.176. The molecule has 3 heterocycles. The topological polar surface area (TPSA) is 112 Å². The van der Waals surface area contributed by atoms with Crippen molar-refractivity contribution in [3.8, 4) is 0 Å². The number of hydrogen-bond donors (Lipinski definition) is 2. The van der Waals surface area contributed by atoms with Crippen molar-refractivity contribution in [3.63, 3.8) is 0 Å². The molecule has 2 aliphatic heterocycles. The Morgan fingerprint density at radius 1 is 1.07 bits per heavy atom. The van der Waals surface area contributed by atoms with E-state index in [1.165, 1.54) is 23.2 Å². The minimum Gasteiger partial charge on any atom is -0.383 e. The predicted molar refractivity (Wildman–Crippen MR) is 110 cm³/mol. The molecule has 0 unspecified atom stereocenters. The zero-order valence-electron chi connectivity index (χ0n) is 15.7. The normalized spacial score (nSPS) is 17.3. The third-order valence-corrected chi connectivity index (χ3v) is 5.52. The summed E-state index contributed by atoms with van der Waals surface area (Å²) >= 11 is 6.04. The number of rotatable bonds is 5. The largest absolute Gasteiger partial charge is 0.383 e. The average molecular weight is 414 g/mol. The molecule has 8 nitrogen and oxygen atoms in total. The highest BCUT2D eigenvalue weighted by molar-refractivity contribution is 6.34. The molecule has 0 saturated carbocycles. The number of aliphatic imine (C=N–C) groups is 1. The number of halogens is 1. The van der Waals surface area contributed by atoms with E-state index in [-0.39, 0.29) is 28.2 Å². The summed E-state index contributed by atoms with van der Waals surface area (Å²) in [6, 6.07) is 6.17. The Morgan fingerprint density at radius 3 is 2.52 bits per heavy atom.